The molecule has 1 aliphatic heterocycles. The third kappa shape index (κ3) is 3.57. The second-order valence-electron chi connectivity index (χ2n) is 7.26. The van der Waals surface area contributed by atoms with Gasteiger partial charge >= 0.3 is 0 Å². The molecule has 2 aromatic rings. The van der Waals surface area contributed by atoms with Crippen molar-refractivity contribution in [2.45, 2.75) is 57.0 Å². The Kier molecular flexibility index (Phi) is 4.86. The molecule has 7 heteroatoms. The van der Waals surface area contributed by atoms with Crippen LogP contribution in [0.15, 0.2) is 31.1 Å². The molecule has 0 spiro atoms. The van der Waals surface area contributed by atoms with Crippen LogP contribution in [-0.4, -0.2) is 48.4 Å². The SMILES string of the molecule is C=CCCC(=O)N1CCC(c2nnc(Cn3cccn3)n2C2CC2)CC1. The van der Waals surface area contributed by atoms with Gasteiger partial charge in [-0.1, -0.05) is 6.08 Å². The molecule has 2 aromatic heterocycles. The van der Waals surface area contributed by atoms with Crippen molar-refractivity contribution in [3.63, 3.8) is 0 Å². The lowest BCUT2D eigenvalue weighted by molar-refractivity contribution is -0.132. The van der Waals surface area contributed by atoms with Crippen molar-refractivity contribution in [1.82, 2.24) is 29.4 Å². The maximum atomic E-state index is 12.2. The van der Waals surface area contributed by atoms with E-state index in [-0.39, 0.29) is 5.91 Å². The molecular weight excluding hydrogens is 328 g/mol. The Hall–Kier alpha value is -2.44. The van der Waals surface area contributed by atoms with Gasteiger partial charge < -0.3 is 9.47 Å². The highest BCUT2D eigenvalue weighted by Gasteiger charge is 2.34. The van der Waals surface area contributed by atoms with E-state index in [1.165, 1.54) is 12.8 Å². The highest BCUT2D eigenvalue weighted by atomic mass is 16.2. The van der Waals surface area contributed by atoms with Crippen molar-refractivity contribution in [3.8, 4) is 0 Å². The third-order valence-electron chi connectivity index (χ3n) is 5.34. The smallest absolute Gasteiger partial charge is 0.222 e. The van der Waals surface area contributed by atoms with Crippen molar-refractivity contribution in [3.05, 3.63) is 42.8 Å². The number of nitrogens with zero attached hydrogens (tertiary/aromatic N) is 6. The second-order valence-corrected chi connectivity index (χ2v) is 7.26. The molecule has 2 aliphatic rings. The fourth-order valence-corrected chi connectivity index (χ4v) is 3.76. The molecule has 26 heavy (non-hydrogen) atoms. The van der Waals surface area contributed by atoms with Gasteiger partial charge in [-0.15, -0.1) is 16.8 Å². The van der Waals surface area contributed by atoms with Gasteiger partial charge in [0.1, 0.15) is 12.4 Å². The number of allylic oxidation sites excluding steroid dienone is 1. The highest BCUT2D eigenvalue weighted by Crippen LogP contribution is 2.40. The summed E-state index contributed by atoms with van der Waals surface area (Å²) in [6.45, 7) is 5.98. The lowest BCUT2D eigenvalue weighted by Gasteiger charge is -2.32. The Bertz CT molecular complexity index is 753. The number of amides is 1. The van der Waals surface area contributed by atoms with Gasteiger partial charge in [-0.25, -0.2) is 0 Å². The molecule has 1 saturated heterocycles. The van der Waals surface area contributed by atoms with Crippen LogP contribution in [0.3, 0.4) is 0 Å². The molecule has 0 radical (unpaired) electrons. The second kappa shape index (κ2) is 7.43. The molecule has 1 aliphatic carbocycles. The van der Waals surface area contributed by atoms with Crippen molar-refractivity contribution in [1.29, 1.82) is 0 Å². The van der Waals surface area contributed by atoms with Crippen LogP contribution < -0.4 is 0 Å². The van der Waals surface area contributed by atoms with Crippen LogP contribution in [0.1, 0.15) is 62.1 Å². The first-order valence-electron chi connectivity index (χ1n) is 9.56. The molecule has 7 nitrogen and oxygen atoms in total. The van der Waals surface area contributed by atoms with Gasteiger partial charge in [0.25, 0.3) is 0 Å². The van der Waals surface area contributed by atoms with Gasteiger partial charge in [-0.2, -0.15) is 5.10 Å². The van der Waals surface area contributed by atoms with E-state index < -0.39 is 0 Å². The Balaban J connectivity index is 1.44. The number of carbonyl (C=O) groups is 1. The minimum absolute atomic E-state index is 0.242. The van der Waals surface area contributed by atoms with Gasteiger partial charge in [0.15, 0.2) is 5.82 Å². The average molecular weight is 354 g/mol. The van der Waals surface area contributed by atoms with E-state index in [9.17, 15) is 4.79 Å². The quantitative estimate of drug-likeness (QED) is 0.717. The van der Waals surface area contributed by atoms with E-state index in [4.69, 9.17) is 0 Å². The molecule has 4 rings (SSSR count). The molecule has 138 valence electrons. The van der Waals surface area contributed by atoms with Gasteiger partial charge in [0, 0.05) is 43.9 Å². The summed E-state index contributed by atoms with van der Waals surface area (Å²) in [7, 11) is 0. The first kappa shape index (κ1) is 17.0. The van der Waals surface area contributed by atoms with E-state index in [2.05, 4.69) is 26.4 Å². The molecule has 3 heterocycles. The van der Waals surface area contributed by atoms with Crippen molar-refractivity contribution in [2.24, 2.45) is 0 Å². The largest absolute Gasteiger partial charge is 0.343 e. The summed E-state index contributed by atoms with van der Waals surface area (Å²) >= 11 is 0. The number of rotatable bonds is 7. The lowest BCUT2D eigenvalue weighted by atomic mass is 9.95. The maximum absolute atomic E-state index is 12.2. The van der Waals surface area contributed by atoms with Crippen molar-refractivity contribution >= 4 is 5.91 Å². The van der Waals surface area contributed by atoms with Crippen LogP contribution in [0.25, 0.3) is 0 Å². The van der Waals surface area contributed by atoms with Crippen LogP contribution in [0.5, 0.6) is 0 Å². The zero-order chi connectivity index (χ0) is 17.9. The number of piperidine rings is 1. The van der Waals surface area contributed by atoms with Gasteiger partial charge in [0.05, 0.1) is 0 Å². The van der Waals surface area contributed by atoms with E-state index in [1.54, 1.807) is 6.20 Å². The number of likely N-dealkylation sites (tertiary alicyclic amines) is 1. The monoisotopic (exact) mass is 354 g/mol. The highest BCUT2D eigenvalue weighted by molar-refractivity contribution is 5.76. The average Bonchev–Trinajstić information content (AvgIpc) is 3.21. The normalized spacial score (nSPS) is 18.2. The molecule has 0 aromatic carbocycles. The predicted molar refractivity (Wildman–Crippen MR) is 97.6 cm³/mol. The Morgan fingerprint density at radius 3 is 2.69 bits per heavy atom. The minimum atomic E-state index is 0.242. The van der Waals surface area contributed by atoms with Crippen LogP contribution in [0.2, 0.25) is 0 Å². The van der Waals surface area contributed by atoms with E-state index in [0.717, 1.165) is 44.0 Å². The van der Waals surface area contributed by atoms with Gasteiger partial charge in [0.2, 0.25) is 5.91 Å². The van der Waals surface area contributed by atoms with Crippen LogP contribution >= 0.6 is 0 Å². The first-order chi connectivity index (χ1) is 12.8. The summed E-state index contributed by atoms with van der Waals surface area (Å²) in [4.78, 5) is 14.2. The van der Waals surface area contributed by atoms with Crippen LogP contribution in [0, 0.1) is 0 Å². The van der Waals surface area contributed by atoms with E-state index in [0.29, 0.717) is 24.9 Å². The fraction of sp³-hybridized carbons (Fsp3) is 0.579. The Morgan fingerprint density at radius 2 is 2.04 bits per heavy atom. The summed E-state index contributed by atoms with van der Waals surface area (Å²) in [6, 6.07) is 2.47. The zero-order valence-corrected chi connectivity index (χ0v) is 15.1. The number of hydrogen-bond acceptors (Lipinski definition) is 4. The molecule has 0 N–H and O–H groups in total. The zero-order valence-electron chi connectivity index (χ0n) is 15.1. The first-order valence-corrected chi connectivity index (χ1v) is 9.56. The summed E-state index contributed by atoms with van der Waals surface area (Å²) < 4.78 is 4.25. The summed E-state index contributed by atoms with van der Waals surface area (Å²) in [5.41, 5.74) is 0. The molecule has 1 amide bonds. The summed E-state index contributed by atoms with van der Waals surface area (Å²) in [6.07, 6.45) is 11.2. The standard InChI is InChI=1S/C19H26N6O/c1-2-3-5-18(26)23-12-8-15(9-13-23)19-22-21-17(25(19)16-6-7-16)14-24-11-4-10-20-24/h2,4,10-11,15-16H,1,3,5-9,12-14H2. The van der Waals surface area contributed by atoms with Crippen molar-refractivity contribution in [2.75, 3.05) is 13.1 Å². The molecule has 0 unspecified atom stereocenters. The van der Waals surface area contributed by atoms with Crippen LogP contribution in [-0.2, 0) is 11.3 Å². The topological polar surface area (TPSA) is 68.8 Å². The van der Waals surface area contributed by atoms with Gasteiger partial charge in [-0.3, -0.25) is 9.48 Å². The summed E-state index contributed by atoms with van der Waals surface area (Å²) in [5, 5.41) is 13.3. The number of hydrogen-bond donors (Lipinski definition) is 0. The minimum Gasteiger partial charge on any atom is -0.343 e. The van der Waals surface area contributed by atoms with E-state index in [1.807, 2.05) is 27.9 Å². The predicted octanol–water partition coefficient (Wildman–Crippen LogP) is 2.53. The number of aromatic nitrogens is 5. The Labute approximate surface area is 153 Å². The molecule has 0 bridgehead atoms. The maximum Gasteiger partial charge on any atom is 0.222 e. The fourth-order valence-electron chi connectivity index (χ4n) is 3.76. The molecule has 2 fully saturated rings. The third-order valence-corrected chi connectivity index (χ3v) is 5.34. The van der Waals surface area contributed by atoms with Crippen molar-refractivity contribution < 1.29 is 4.79 Å². The molecule has 0 atom stereocenters. The van der Waals surface area contributed by atoms with Gasteiger partial charge in [-0.05, 0) is 38.2 Å². The summed E-state index contributed by atoms with van der Waals surface area (Å²) in [5.74, 6) is 2.73. The lowest BCUT2D eigenvalue weighted by Crippen LogP contribution is -2.38. The molecular formula is C19H26N6O. The Morgan fingerprint density at radius 1 is 1.23 bits per heavy atom. The molecule has 1 saturated carbocycles. The van der Waals surface area contributed by atoms with Crippen LogP contribution in [0.4, 0.5) is 0 Å². The van der Waals surface area contributed by atoms with E-state index >= 15 is 0 Å². The number of carbonyl (C=O) groups excluding carboxylic acids is 1.